The van der Waals surface area contributed by atoms with Crippen LogP contribution in [0, 0.1) is 6.92 Å². The second kappa shape index (κ2) is 10.4. The lowest BCUT2D eigenvalue weighted by atomic mass is 10.2. The molecule has 0 aromatic heterocycles. The minimum atomic E-state index is -3.52. The van der Waals surface area contributed by atoms with Crippen molar-refractivity contribution in [2.75, 3.05) is 46.1 Å². The zero-order chi connectivity index (χ0) is 21.4. The van der Waals surface area contributed by atoms with Gasteiger partial charge in [0.05, 0.1) is 24.7 Å². The van der Waals surface area contributed by atoms with Gasteiger partial charge in [0.1, 0.15) is 18.1 Å². The van der Waals surface area contributed by atoms with Crippen LogP contribution < -0.4 is 14.8 Å². The van der Waals surface area contributed by atoms with E-state index < -0.39 is 10.0 Å². The normalized spacial score (nSPS) is 14.8. The van der Waals surface area contributed by atoms with Crippen LogP contribution in [0.4, 0.5) is 0 Å². The Morgan fingerprint density at radius 1 is 1.07 bits per heavy atom. The highest BCUT2D eigenvalue weighted by molar-refractivity contribution is 7.89. The lowest BCUT2D eigenvalue weighted by Gasteiger charge is -2.26. The molecule has 30 heavy (non-hydrogen) atoms. The number of morpholine rings is 1. The van der Waals surface area contributed by atoms with E-state index in [4.69, 9.17) is 14.2 Å². The van der Waals surface area contributed by atoms with Gasteiger partial charge in [0.2, 0.25) is 10.0 Å². The average Bonchev–Trinajstić information content (AvgIpc) is 2.76. The first-order valence-corrected chi connectivity index (χ1v) is 11.2. The van der Waals surface area contributed by atoms with Crippen molar-refractivity contribution in [1.29, 1.82) is 0 Å². The smallest absolute Gasteiger partial charge is 0.258 e. The van der Waals surface area contributed by atoms with E-state index in [1.54, 1.807) is 18.2 Å². The van der Waals surface area contributed by atoms with Gasteiger partial charge in [0.15, 0.2) is 6.61 Å². The van der Waals surface area contributed by atoms with Gasteiger partial charge in [-0.25, -0.2) is 8.42 Å². The number of ether oxygens (including phenoxy) is 3. The Hall–Kier alpha value is -2.62. The number of amides is 1. The summed E-state index contributed by atoms with van der Waals surface area (Å²) in [5, 5.41) is 2.71. The van der Waals surface area contributed by atoms with Gasteiger partial charge in [-0.2, -0.15) is 4.31 Å². The summed E-state index contributed by atoms with van der Waals surface area (Å²) in [6, 6.07) is 13.7. The molecule has 1 aliphatic heterocycles. The van der Waals surface area contributed by atoms with Crippen molar-refractivity contribution in [3.8, 4) is 11.5 Å². The number of hydrogen-bond acceptors (Lipinski definition) is 6. The summed E-state index contributed by atoms with van der Waals surface area (Å²) < 4.78 is 42.8. The summed E-state index contributed by atoms with van der Waals surface area (Å²) in [5.74, 6) is 0.932. The molecule has 1 fully saturated rings. The Labute approximate surface area is 176 Å². The molecular formula is C21H26N2O6S. The van der Waals surface area contributed by atoms with Crippen LogP contribution in [0.15, 0.2) is 53.4 Å². The molecule has 1 heterocycles. The first kappa shape index (κ1) is 22.1. The van der Waals surface area contributed by atoms with Crippen molar-refractivity contribution in [1.82, 2.24) is 9.62 Å². The summed E-state index contributed by atoms with van der Waals surface area (Å²) in [6.45, 7) is 3.97. The third-order valence-corrected chi connectivity index (χ3v) is 6.40. The third-order valence-electron chi connectivity index (χ3n) is 4.48. The van der Waals surface area contributed by atoms with E-state index in [9.17, 15) is 13.2 Å². The molecule has 3 rings (SSSR count). The molecule has 1 N–H and O–H groups in total. The van der Waals surface area contributed by atoms with Gasteiger partial charge >= 0.3 is 0 Å². The molecule has 1 amide bonds. The van der Waals surface area contributed by atoms with Crippen molar-refractivity contribution in [3.63, 3.8) is 0 Å². The van der Waals surface area contributed by atoms with Crippen LogP contribution >= 0.6 is 0 Å². The third kappa shape index (κ3) is 6.19. The summed E-state index contributed by atoms with van der Waals surface area (Å²) in [7, 11) is -3.52. The van der Waals surface area contributed by atoms with Crippen molar-refractivity contribution >= 4 is 15.9 Å². The molecule has 1 saturated heterocycles. The SMILES string of the molecule is Cc1cccc(OCC(=O)NCCOc2ccc(S(=O)(=O)N3CCOCC3)cc2)c1. The van der Waals surface area contributed by atoms with E-state index >= 15 is 0 Å². The minimum Gasteiger partial charge on any atom is -0.492 e. The maximum absolute atomic E-state index is 12.6. The Morgan fingerprint density at radius 3 is 2.50 bits per heavy atom. The average molecular weight is 435 g/mol. The monoisotopic (exact) mass is 434 g/mol. The number of hydrogen-bond donors (Lipinski definition) is 1. The van der Waals surface area contributed by atoms with E-state index in [-0.39, 0.29) is 24.0 Å². The topological polar surface area (TPSA) is 94.2 Å². The molecule has 2 aromatic carbocycles. The van der Waals surface area contributed by atoms with E-state index in [0.717, 1.165) is 5.56 Å². The largest absolute Gasteiger partial charge is 0.492 e. The predicted molar refractivity (Wildman–Crippen MR) is 111 cm³/mol. The lowest BCUT2D eigenvalue weighted by Crippen LogP contribution is -2.40. The summed E-state index contributed by atoms with van der Waals surface area (Å²) in [5.41, 5.74) is 1.06. The number of carbonyl (C=O) groups excluding carboxylic acids is 1. The molecule has 0 atom stereocenters. The zero-order valence-electron chi connectivity index (χ0n) is 16.9. The van der Waals surface area contributed by atoms with Gasteiger partial charge in [0.25, 0.3) is 5.91 Å². The van der Waals surface area contributed by atoms with Crippen LogP contribution in [0.5, 0.6) is 11.5 Å². The van der Waals surface area contributed by atoms with Crippen LogP contribution in [0.3, 0.4) is 0 Å². The highest BCUT2D eigenvalue weighted by Gasteiger charge is 2.26. The quantitative estimate of drug-likeness (QED) is 0.603. The number of rotatable bonds is 9. The van der Waals surface area contributed by atoms with Gasteiger partial charge in [0, 0.05) is 13.1 Å². The summed E-state index contributed by atoms with van der Waals surface area (Å²) >= 11 is 0. The number of aryl methyl sites for hydroxylation is 1. The lowest BCUT2D eigenvalue weighted by molar-refractivity contribution is -0.123. The van der Waals surface area contributed by atoms with Gasteiger partial charge < -0.3 is 19.5 Å². The molecule has 0 aliphatic carbocycles. The molecular weight excluding hydrogens is 408 g/mol. The Kier molecular flexibility index (Phi) is 7.67. The Morgan fingerprint density at radius 2 is 1.80 bits per heavy atom. The second-order valence-corrected chi connectivity index (χ2v) is 8.73. The maximum atomic E-state index is 12.6. The van der Waals surface area contributed by atoms with E-state index in [1.165, 1.54) is 16.4 Å². The van der Waals surface area contributed by atoms with Crippen LogP contribution in [-0.2, 0) is 19.6 Å². The molecule has 162 valence electrons. The summed E-state index contributed by atoms with van der Waals surface area (Å²) in [4.78, 5) is 12.1. The fourth-order valence-electron chi connectivity index (χ4n) is 2.91. The van der Waals surface area contributed by atoms with Gasteiger partial charge in [-0.15, -0.1) is 0 Å². The number of benzene rings is 2. The first-order chi connectivity index (χ1) is 14.4. The Balaban J connectivity index is 1.39. The van der Waals surface area contributed by atoms with Crippen molar-refractivity contribution < 1.29 is 27.4 Å². The predicted octanol–water partition coefficient (Wildman–Crippen LogP) is 1.59. The molecule has 0 radical (unpaired) electrons. The van der Waals surface area contributed by atoms with Crippen molar-refractivity contribution in [2.24, 2.45) is 0 Å². The van der Waals surface area contributed by atoms with E-state index in [2.05, 4.69) is 5.32 Å². The molecule has 2 aromatic rings. The zero-order valence-corrected chi connectivity index (χ0v) is 17.7. The highest BCUT2D eigenvalue weighted by atomic mass is 32.2. The van der Waals surface area contributed by atoms with Crippen LogP contribution in [0.1, 0.15) is 5.56 Å². The van der Waals surface area contributed by atoms with E-state index in [0.29, 0.717) is 44.3 Å². The highest BCUT2D eigenvalue weighted by Crippen LogP contribution is 2.20. The molecule has 0 spiro atoms. The molecule has 0 unspecified atom stereocenters. The first-order valence-electron chi connectivity index (χ1n) is 9.72. The number of nitrogens with zero attached hydrogens (tertiary/aromatic N) is 1. The molecule has 9 heteroatoms. The van der Waals surface area contributed by atoms with Crippen molar-refractivity contribution in [2.45, 2.75) is 11.8 Å². The van der Waals surface area contributed by atoms with Gasteiger partial charge in [-0.05, 0) is 48.9 Å². The second-order valence-electron chi connectivity index (χ2n) is 6.79. The minimum absolute atomic E-state index is 0.0719. The molecule has 0 bridgehead atoms. The Bertz CT molecular complexity index is 940. The van der Waals surface area contributed by atoms with E-state index in [1.807, 2.05) is 25.1 Å². The fraction of sp³-hybridized carbons (Fsp3) is 0.381. The summed E-state index contributed by atoms with van der Waals surface area (Å²) in [6.07, 6.45) is 0. The fourth-order valence-corrected chi connectivity index (χ4v) is 4.32. The maximum Gasteiger partial charge on any atom is 0.258 e. The van der Waals surface area contributed by atoms with Crippen LogP contribution in [0.25, 0.3) is 0 Å². The molecule has 0 saturated carbocycles. The number of carbonyl (C=O) groups is 1. The molecule has 8 nitrogen and oxygen atoms in total. The van der Waals surface area contributed by atoms with Gasteiger partial charge in [-0.3, -0.25) is 4.79 Å². The van der Waals surface area contributed by atoms with Crippen LogP contribution in [-0.4, -0.2) is 64.7 Å². The number of nitrogens with one attached hydrogen (secondary N) is 1. The van der Waals surface area contributed by atoms with Gasteiger partial charge in [-0.1, -0.05) is 12.1 Å². The van der Waals surface area contributed by atoms with Crippen LogP contribution in [0.2, 0.25) is 0 Å². The van der Waals surface area contributed by atoms with Crippen molar-refractivity contribution in [3.05, 3.63) is 54.1 Å². The number of sulfonamides is 1. The molecule has 1 aliphatic rings. The standard InChI is InChI=1S/C21H26N2O6S/c1-17-3-2-4-19(15-17)29-16-21(24)22-9-12-28-18-5-7-20(8-6-18)30(25,26)23-10-13-27-14-11-23/h2-8,15H,9-14,16H2,1H3,(H,22,24).